The second-order valence-electron chi connectivity index (χ2n) is 9.20. The molecule has 0 spiro atoms. The summed E-state index contributed by atoms with van der Waals surface area (Å²) in [7, 11) is 0. The molecular weight excluding hydrogens is 528 g/mol. The van der Waals surface area contributed by atoms with Gasteiger partial charge in [-0.1, -0.05) is 48.0 Å². The molecule has 1 aromatic heterocycles. The fraction of sp³-hybridized carbons (Fsp3) is 0.156. The van der Waals surface area contributed by atoms with Gasteiger partial charge in [0.1, 0.15) is 12.4 Å². The standard InChI is InChI=1S/C32H27ClN2O5/c1-2-39-27-18-24(10-13-26(27)40-20-22-6-4-3-5-7-22)29-28(30(36)23-8-11-25(33)12-9-23)31(37)32(38)35(29)19-21-14-16-34-17-15-21/h3-18,29,36H,2,19-20H2,1H3/b30-28+. The van der Waals surface area contributed by atoms with Crippen LogP contribution in [0.15, 0.2) is 103 Å². The molecule has 1 amide bonds. The van der Waals surface area contributed by atoms with Crippen molar-refractivity contribution in [3.8, 4) is 11.5 Å². The fourth-order valence-corrected chi connectivity index (χ4v) is 4.78. The maximum atomic E-state index is 13.4. The highest BCUT2D eigenvalue weighted by Crippen LogP contribution is 2.43. The van der Waals surface area contributed by atoms with Gasteiger partial charge in [-0.25, -0.2) is 0 Å². The maximum Gasteiger partial charge on any atom is 0.295 e. The summed E-state index contributed by atoms with van der Waals surface area (Å²) in [6.45, 7) is 2.74. The third-order valence-corrected chi connectivity index (χ3v) is 6.83. The van der Waals surface area contributed by atoms with Crippen LogP contribution >= 0.6 is 11.6 Å². The molecule has 4 aromatic rings. The first kappa shape index (κ1) is 27.0. The van der Waals surface area contributed by atoms with Crippen LogP contribution in [0.25, 0.3) is 5.76 Å². The van der Waals surface area contributed by atoms with Crippen molar-refractivity contribution in [1.82, 2.24) is 9.88 Å². The molecule has 0 bridgehead atoms. The zero-order valence-corrected chi connectivity index (χ0v) is 22.5. The molecule has 0 saturated carbocycles. The number of ketones is 1. The molecule has 1 fully saturated rings. The quantitative estimate of drug-likeness (QED) is 0.148. The molecule has 1 aliphatic rings. The zero-order chi connectivity index (χ0) is 28.1. The lowest BCUT2D eigenvalue weighted by molar-refractivity contribution is -0.140. The van der Waals surface area contributed by atoms with Crippen LogP contribution in [0.5, 0.6) is 11.5 Å². The monoisotopic (exact) mass is 554 g/mol. The molecule has 3 aromatic carbocycles. The average Bonchev–Trinajstić information content (AvgIpc) is 3.22. The van der Waals surface area contributed by atoms with Crippen LogP contribution in [0, 0.1) is 0 Å². The van der Waals surface area contributed by atoms with E-state index in [9.17, 15) is 14.7 Å². The van der Waals surface area contributed by atoms with E-state index in [1.54, 1.807) is 67.0 Å². The first-order chi connectivity index (χ1) is 19.5. The van der Waals surface area contributed by atoms with Crippen LogP contribution < -0.4 is 9.47 Å². The molecule has 1 aliphatic heterocycles. The molecule has 1 N–H and O–H groups in total. The number of nitrogens with zero attached hydrogens (tertiary/aromatic N) is 2. The number of benzene rings is 3. The largest absolute Gasteiger partial charge is 0.507 e. The Hall–Kier alpha value is -4.62. The Morgan fingerprint density at radius 1 is 0.900 bits per heavy atom. The summed E-state index contributed by atoms with van der Waals surface area (Å²) in [5.41, 5.74) is 2.76. The van der Waals surface area contributed by atoms with E-state index in [4.69, 9.17) is 21.1 Å². The summed E-state index contributed by atoms with van der Waals surface area (Å²) in [6, 6.07) is 24.2. The second kappa shape index (κ2) is 12.1. The molecular formula is C32H27ClN2O5. The fourth-order valence-electron chi connectivity index (χ4n) is 4.66. The SMILES string of the molecule is CCOc1cc(C2/C(=C(\O)c3ccc(Cl)cc3)C(=O)C(=O)N2Cc2ccncc2)ccc1OCc1ccccc1. The minimum atomic E-state index is -0.869. The van der Waals surface area contributed by atoms with Gasteiger partial charge in [0.25, 0.3) is 11.7 Å². The van der Waals surface area contributed by atoms with E-state index in [1.807, 2.05) is 37.3 Å². The number of pyridine rings is 1. The number of carbonyl (C=O) groups excluding carboxylic acids is 2. The van der Waals surface area contributed by atoms with Crippen LogP contribution in [0.3, 0.4) is 0 Å². The van der Waals surface area contributed by atoms with Crippen LogP contribution in [-0.2, 0) is 22.7 Å². The van der Waals surface area contributed by atoms with E-state index in [-0.39, 0.29) is 17.9 Å². The molecule has 0 aliphatic carbocycles. The lowest BCUT2D eigenvalue weighted by atomic mass is 9.95. The molecule has 7 nitrogen and oxygen atoms in total. The number of aliphatic hydroxyl groups is 1. The van der Waals surface area contributed by atoms with Gasteiger partial charge in [0.2, 0.25) is 0 Å². The number of carbonyl (C=O) groups is 2. The lowest BCUT2D eigenvalue weighted by Crippen LogP contribution is -2.29. The highest BCUT2D eigenvalue weighted by Gasteiger charge is 2.46. The lowest BCUT2D eigenvalue weighted by Gasteiger charge is -2.26. The summed E-state index contributed by atoms with van der Waals surface area (Å²) < 4.78 is 12.0. The van der Waals surface area contributed by atoms with E-state index < -0.39 is 17.7 Å². The Kier molecular flexibility index (Phi) is 8.12. The third-order valence-electron chi connectivity index (χ3n) is 6.58. The number of aliphatic hydroxyl groups excluding tert-OH is 1. The van der Waals surface area contributed by atoms with E-state index in [0.717, 1.165) is 11.1 Å². The minimum absolute atomic E-state index is 0.0122. The van der Waals surface area contributed by atoms with Crippen LogP contribution in [0.1, 0.15) is 35.2 Å². The summed E-state index contributed by atoms with van der Waals surface area (Å²) in [4.78, 5) is 32.3. The molecule has 8 heteroatoms. The van der Waals surface area contributed by atoms with Crippen LogP contribution in [-0.4, -0.2) is 33.3 Å². The van der Waals surface area contributed by atoms with Crippen molar-refractivity contribution in [2.45, 2.75) is 26.1 Å². The topological polar surface area (TPSA) is 89.0 Å². The van der Waals surface area contributed by atoms with Gasteiger partial charge in [-0.3, -0.25) is 14.6 Å². The molecule has 0 radical (unpaired) electrons. The van der Waals surface area contributed by atoms with Gasteiger partial charge in [-0.05, 0) is 72.1 Å². The number of amides is 1. The van der Waals surface area contributed by atoms with Gasteiger partial charge in [0.05, 0.1) is 18.2 Å². The molecule has 1 atom stereocenters. The van der Waals surface area contributed by atoms with Gasteiger partial charge in [0.15, 0.2) is 11.5 Å². The predicted octanol–water partition coefficient (Wildman–Crippen LogP) is 6.33. The van der Waals surface area contributed by atoms with Crippen LogP contribution in [0.2, 0.25) is 5.02 Å². The number of rotatable bonds is 9. The summed E-state index contributed by atoms with van der Waals surface area (Å²) >= 11 is 6.03. The first-order valence-corrected chi connectivity index (χ1v) is 13.2. The molecule has 5 rings (SSSR count). The molecule has 1 saturated heterocycles. The van der Waals surface area contributed by atoms with Crippen molar-refractivity contribution in [1.29, 1.82) is 0 Å². The van der Waals surface area contributed by atoms with Gasteiger partial charge in [0, 0.05) is 29.5 Å². The summed E-state index contributed by atoms with van der Waals surface area (Å²) in [5.74, 6) is -0.761. The number of likely N-dealkylation sites (tertiary alicyclic amines) is 1. The minimum Gasteiger partial charge on any atom is -0.507 e. The highest BCUT2D eigenvalue weighted by molar-refractivity contribution is 6.46. The summed E-state index contributed by atoms with van der Waals surface area (Å²) in [6.07, 6.45) is 3.25. The number of ether oxygens (including phenoxy) is 2. The molecule has 2 heterocycles. The molecule has 40 heavy (non-hydrogen) atoms. The van der Waals surface area contributed by atoms with Crippen molar-refractivity contribution in [3.05, 3.63) is 130 Å². The number of hydrogen-bond donors (Lipinski definition) is 1. The highest BCUT2D eigenvalue weighted by atomic mass is 35.5. The number of halogens is 1. The third kappa shape index (κ3) is 5.70. The van der Waals surface area contributed by atoms with Gasteiger partial charge in [-0.15, -0.1) is 0 Å². The van der Waals surface area contributed by atoms with Gasteiger partial charge < -0.3 is 19.5 Å². The number of hydrogen-bond acceptors (Lipinski definition) is 6. The smallest absolute Gasteiger partial charge is 0.295 e. The Morgan fingerprint density at radius 2 is 1.62 bits per heavy atom. The Morgan fingerprint density at radius 3 is 2.33 bits per heavy atom. The van der Waals surface area contributed by atoms with E-state index in [0.29, 0.717) is 40.9 Å². The average molecular weight is 555 g/mol. The zero-order valence-electron chi connectivity index (χ0n) is 21.8. The molecule has 202 valence electrons. The van der Waals surface area contributed by atoms with Crippen molar-refractivity contribution < 1.29 is 24.2 Å². The van der Waals surface area contributed by atoms with Crippen molar-refractivity contribution in [2.24, 2.45) is 0 Å². The van der Waals surface area contributed by atoms with Crippen molar-refractivity contribution in [3.63, 3.8) is 0 Å². The van der Waals surface area contributed by atoms with E-state index >= 15 is 0 Å². The number of aromatic nitrogens is 1. The Balaban J connectivity index is 1.58. The van der Waals surface area contributed by atoms with E-state index in [2.05, 4.69) is 4.98 Å². The number of Topliss-reactive ketones (excluding diaryl/α,β-unsaturated/α-hetero) is 1. The van der Waals surface area contributed by atoms with E-state index in [1.165, 1.54) is 4.90 Å². The molecule has 1 unspecified atom stereocenters. The second-order valence-corrected chi connectivity index (χ2v) is 9.64. The van der Waals surface area contributed by atoms with Gasteiger partial charge in [-0.2, -0.15) is 0 Å². The Labute approximate surface area is 237 Å². The van der Waals surface area contributed by atoms with Crippen molar-refractivity contribution >= 4 is 29.1 Å². The first-order valence-electron chi connectivity index (χ1n) is 12.8. The summed E-state index contributed by atoms with van der Waals surface area (Å²) in [5, 5.41) is 11.8. The van der Waals surface area contributed by atoms with Crippen molar-refractivity contribution in [2.75, 3.05) is 6.61 Å². The Bertz CT molecular complexity index is 1540. The predicted molar refractivity (Wildman–Crippen MR) is 152 cm³/mol. The van der Waals surface area contributed by atoms with Gasteiger partial charge >= 0.3 is 0 Å². The maximum absolute atomic E-state index is 13.4. The normalized spacial score (nSPS) is 16.2. The van der Waals surface area contributed by atoms with Crippen LogP contribution in [0.4, 0.5) is 0 Å².